The van der Waals surface area contributed by atoms with Crippen molar-refractivity contribution in [2.24, 2.45) is 0 Å². The van der Waals surface area contributed by atoms with E-state index in [2.05, 4.69) is 22.0 Å². The van der Waals surface area contributed by atoms with Crippen molar-refractivity contribution in [1.29, 1.82) is 0 Å². The van der Waals surface area contributed by atoms with Crippen molar-refractivity contribution in [3.8, 4) is 0 Å². The van der Waals surface area contributed by atoms with Crippen molar-refractivity contribution >= 4 is 6.29 Å². The Morgan fingerprint density at radius 1 is 1.62 bits per heavy atom. The van der Waals surface area contributed by atoms with E-state index in [9.17, 15) is 4.79 Å². The fraction of sp³-hybridized carbons (Fsp3) is 0.727. The molecule has 2 heterocycles. The first-order valence-corrected chi connectivity index (χ1v) is 5.82. The van der Waals surface area contributed by atoms with Crippen LogP contribution in [0.3, 0.4) is 0 Å². The maximum Gasteiger partial charge on any atom is 0.228 e. The van der Waals surface area contributed by atoms with Crippen LogP contribution in [0.4, 0.5) is 0 Å². The molecule has 1 aliphatic rings. The first kappa shape index (κ1) is 11.3. The Labute approximate surface area is 94.8 Å². The summed E-state index contributed by atoms with van der Waals surface area (Å²) in [6, 6.07) is 0.523. The van der Waals surface area contributed by atoms with Gasteiger partial charge in [0, 0.05) is 12.5 Å². The van der Waals surface area contributed by atoms with Crippen molar-refractivity contribution in [2.45, 2.75) is 38.6 Å². The second kappa shape index (κ2) is 5.21. The van der Waals surface area contributed by atoms with E-state index in [1.54, 1.807) is 0 Å². The monoisotopic (exact) mass is 223 g/mol. The van der Waals surface area contributed by atoms with Crippen molar-refractivity contribution < 1.29 is 9.32 Å². The Kier molecular flexibility index (Phi) is 3.66. The number of likely N-dealkylation sites (N-methyl/N-ethyl adjacent to an activating group) is 1. The van der Waals surface area contributed by atoms with Crippen LogP contribution in [0.5, 0.6) is 0 Å². The molecule has 88 valence electrons. The van der Waals surface area contributed by atoms with E-state index in [0.717, 1.165) is 25.8 Å². The molecule has 0 aliphatic carbocycles. The molecule has 0 bridgehead atoms. The van der Waals surface area contributed by atoms with Gasteiger partial charge in [-0.1, -0.05) is 12.1 Å². The van der Waals surface area contributed by atoms with Gasteiger partial charge >= 0.3 is 0 Å². The molecule has 16 heavy (non-hydrogen) atoms. The smallest absolute Gasteiger partial charge is 0.228 e. The lowest BCUT2D eigenvalue weighted by atomic mass is 10.1. The molecule has 1 saturated heterocycles. The van der Waals surface area contributed by atoms with Gasteiger partial charge in [0.2, 0.25) is 5.89 Å². The second-order valence-electron chi connectivity index (χ2n) is 4.10. The third-order valence-electron chi connectivity index (χ3n) is 3.09. The largest absolute Gasteiger partial charge is 0.339 e. The number of likely N-dealkylation sites (tertiary alicyclic amines) is 1. The quantitative estimate of drug-likeness (QED) is 0.692. The minimum atomic E-state index is 0.242. The lowest BCUT2D eigenvalue weighted by molar-refractivity contribution is -0.107. The normalized spacial score (nSPS) is 21.4. The number of aldehydes is 1. The van der Waals surface area contributed by atoms with Crippen LogP contribution in [0.15, 0.2) is 4.52 Å². The molecule has 1 fully saturated rings. The van der Waals surface area contributed by atoms with Gasteiger partial charge in [-0.2, -0.15) is 4.98 Å². The molecule has 2 rings (SSSR count). The fourth-order valence-corrected chi connectivity index (χ4v) is 2.27. The maximum atomic E-state index is 10.3. The molecule has 5 nitrogen and oxygen atoms in total. The average Bonchev–Trinajstić information content (AvgIpc) is 2.89. The van der Waals surface area contributed by atoms with Crippen LogP contribution in [0.1, 0.15) is 31.5 Å². The fourth-order valence-electron chi connectivity index (χ4n) is 2.27. The molecular weight excluding hydrogens is 206 g/mol. The van der Waals surface area contributed by atoms with Gasteiger partial charge in [0.15, 0.2) is 5.82 Å². The SMILES string of the molecule is CCN1CCCC1Cc1nc(CC=O)no1. The number of hydrogen-bond acceptors (Lipinski definition) is 5. The van der Waals surface area contributed by atoms with Crippen LogP contribution >= 0.6 is 0 Å². The van der Waals surface area contributed by atoms with Gasteiger partial charge in [0.1, 0.15) is 6.29 Å². The van der Waals surface area contributed by atoms with Gasteiger partial charge in [0.25, 0.3) is 0 Å². The third-order valence-corrected chi connectivity index (χ3v) is 3.09. The van der Waals surface area contributed by atoms with Crippen LogP contribution in [0.2, 0.25) is 0 Å². The van der Waals surface area contributed by atoms with Crippen LogP contribution in [0.25, 0.3) is 0 Å². The highest BCUT2D eigenvalue weighted by atomic mass is 16.5. The van der Waals surface area contributed by atoms with Crippen LogP contribution in [-0.2, 0) is 17.6 Å². The predicted octanol–water partition coefficient (Wildman–Crippen LogP) is 0.838. The molecule has 5 heteroatoms. The minimum Gasteiger partial charge on any atom is -0.339 e. The summed E-state index contributed by atoms with van der Waals surface area (Å²) in [6.07, 6.45) is 4.28. The maximum absolute atomic E-state index is 10.3. The Morgan fingerprint density at radius 3 is 3.25 bits per heavy atom. The molecule has 1 aromatic rings. The molecule has 0 N–H and O–H groups in total. The zero-order valence-electron chi connectivity index (χ0n) is 9.56. The summed E-state index contributed by atoms with van der Waals surface area (Å²) in [7, 11) is 0. The molecule has 1 unspecified atom stereocenters. The summed E-state index contributed by atoms with van der Waals surface area (Å²) >= 11 is 0. The van der Waals surface area contributed by atoms with E-state index in [1.165, 1.54) is 12.8 Å². The van der Waals surface area contributed by atoms with E-state index in [0.29, 0.717) is 17.8 Å². The number of carbonyl (C=O) groups excluding carboxylic acids is 1. The van der Waals surface area contributed by atoms with Gasteiger partial charge in [-0.15, -0.1) is 0 Å². The Morgan fingerprint density at radius 2 is 2.50 bits per heavy atom. The van der Waals surface area contributed by atoms with E-state index in [1.807, 2.05) is 0 Å². The van der Waals surface area contributed by atoms with Crippen LogP contribution in [0, 0.1) is 0 Å². The molecule has 0 spiro atoms. The molecule has 1 aromatic heterocycles. The zero-order chi connectivity index (χ0) is 11.4. The van der Waals surface area contributed by atoms with Crippen LogP contribution in [-0.4, -0.2) is 40.5 Å². The summed E-state index contributed by atoms with van der Waals surface area (Å²) in [6.45, 7) is 4.40. The van der Waals surface area contributed by atoms with Gasteiger partial charge in [-0.05, 0) is 25.9 Å². The molecule has 0 amide bonds. The summed E-state index contributed by atoms with van der Waals surface area (Å²) < 4.78 is 5.13. The highest BCUT2D eigenvalue weighted by Crippen LogP contribution is 2.19. The molecule has 1 aliphatic heterocycles. The number of aromatic nitrogens is 2. The molecular formula is C11H17N3O2. The predicted molar refractivity (Wildman–Crippen MR) is 58.0 cm³/mol. The highest BCUT2D eigenvalue weighted by Gasteiger charge is 2.25. The molecule has 1 atom stereocenters. The Bertz CT molecular complexity index is 351. The van der Waals surface area contributed by atoms with E-state index in [-0.39, 0.29) is 6.42 Å². The average molecular weight is 223 g/mol. The Balaban J connectivity index is 1.94. The minimum absolute atomic E-state index is 0.242. The number of hydrogen-bond donors (Lipinski definition) is 0. The zero-order valence-corrected chi connectivity index (χ0v) is 9.56. The van der Waals surface area contributed by atoms with Crippen molar-refractivity contribution in [2.75, 3.05) is 13.1 Å². The lowest BCUT2D eigenvalue weighted by Crippen LogP contribution is -2.30. The van der Waals surface area contributed by atoms with E-state index in [4.69, 9.17) is 4.52 Å². The van der Waals surface area contributed by atoms with Gasteiger partial charge in [-0.3, -0.25) is 0 Å². The first-order chi connectivity index (χ1) is 7.83. The van der Waals surface area contributed by atoms with Gasteiger partial charge < -0.3 is 14.2 Å². The standard InChI is InChI=1S/C11H17N3O2/c1-2-14-6-3-4-9(14)8-11-12-10(5-7-15)13-16-11/h7,9H,2-6,8H2,1H3. The highest BCUT2D eigenvalue weighted by molar-refractivity contribution is 5.52. The van der Waals surface area contributed by atoms with Crippen molar-refractivity contribution in [3.63, 3.8) is 0 Å². The molecule has 0 aromatic carbocycles. The second-order valence-corrected chi connectivity index (χ2v) is 4.10. The van der Waals surface area contributed by atoms with Crippen molar-refractivity contribution in [1.82, 2.24) is 15.0 Å². The number of rotatable bonds is 5. The topological polar surface area (TPSA) is 59.2 Å². The first-order valence-electron chi connectivity index (χ1n) is 5.82. The van der Waals surface area contributed by atoms with E-state index < -0.39 is 0 Å². The summed E-state index contributed by atoms with van der Waals surface area (Å²) in [4.78, 5) is 16.9. The van der Waals surface area contributed by atoms with Gasteiger partial charge in [-0.25, -0.2) is 0 Å². The van der Waals surface area contributed by atoms with Gasteiger partial charge in [0.05, 0.1) is 6.42 Å². The molecule has 0 radical (unpaired) electrons. The summed E-state index contributed by atoms with van der Waals surface area (Å²) in [5.74, 6) is 1.15. The van der Waals surface area contributed by atoms with Crippen LogP contribution < -0.4 is 0 Å². The van der Waals surface area contributed by atoms with Crippen molar-refractivity contribution in [3.05, 3.63) is 11.7 Å². The lowest BCUT2D eigenvalue weighted by Gasteiger charge is -2.20. The third kappa shape index (κ3) is 2.47. The number of carbonyl (C=O) groups is 1. The Hall–Kier alpha value is -1.23. The summed E-state index contributed by atoms with van der Waals surface area (Å²) in [5.41, 5.74) is 0. The number of nitrogens with zero attached hydrogens (tertiary/aromatic N) is 3. The molecule has 0 saturated carbocycles. The van der Waals surface area contributed by atoms with E-state index >= 15 is 0 Å². The summed E-state index contributed by atoms with van der Waals surface area (Å²) in [5, 5.41) is 3.76.